The molecule has 3 rings (SSSR count). The first-order valence-corrected chi connectivity index (χ1v) is 6.49. The van der Waals surface area contributed by atoms with Gasteiger partial charge in [-0.1, -0.05) is 6.07 Å². The third-order valence-electron chi connectivity index (χ3n) is 4.00. The van der Waals surface area contributed by atoms with Crippen LogP contribution in [0.3, 0.4) is 0 Å². The van der Waals surface area contributed by atoms with Crippen LogP contribution < -0.4 is 0 Å². The molecule has 1 saturated heterocycles. The molecule has 0 atom stereocenters. The maximum Gasteiger partial charge on any atom is 0.0409 e. The lowest BCUT2D eigenvalue weighted by atomic mass is 9.99. The number of rotatable bonds is 4. The first kappa shape index (κ1) is 10.3. The van der Waals surface area contributed by atoms with Gasteiger partial charge < -0.3 is 4.90 Å². The molecule has 2 aliphatic rings. The van der Waals surface area contributed by atoms with E-state index >= 15 is 0 Å². The van der Waals surface area contributed by atoms with Crippen molar-refractivity contribution in [3.05, 3.63) is 30.1 Å². The lowest BCUT2D eigenvalue weighted by molar-refractivity contribution is 0.261. The number of hydrogen-bond acceptors (Lipinski definition) is 2. The summed E-state index contributed by atoms with van der Waals surface area (Å²) >= 11 is 0. The van der Waals surface area contributed by atoms with Crippen molar-refractivity contribution in [1.29, 1.82) is 0 Å². The largest absolute Gasteiger partial charge is 0.303 e. The van der Waals surface area contributed by atoms with Crippen molar-refractivity contribution >= 4 is 0 Å². The Morgan fingerprint density at radius 1 is 1.19 bits per heavy atom. The van der Waals surface area contributed by atoms with Gasteiger partial charge in [0.15, 0.2) is 0 Å². The van der Waals surface area contributed by atoms with Crippen LogP contribution >= 0.6 is 0 Å². The molecule has 0 bridgehead atoms. The summed E-state index contributed by atoms with van der Waals surface area (Å²) in [7, 11) is 0. The molecular formula is C14H20N2. The summed E-state index contributed by atoms with van der Waals surface area (Å²) in [6.07, 6.45) is 8.71. The van der Waals surface area contributed by atoms with E-state index in [1.807, 2.05) is 12.3 Å². The van der Waals surface area contributed by atoms with Gasteiger partial charge in [-0.05, 0) is 62.7 Å². The predicted molar refractivity (Wildman–Crippen MR) is 65.3 cm³/mol. The van der Waals surface area contributed by atoms with E-state index in [0.29, 0.717) is 5.41 Å². The van der Waals surface area contributed by atoms with E-state index < -0.39 is 0 Å². The molecule has 0 N–H and O–H groups in total. The van der Waals surface area contributed by atoms with Crippen LogP contribution in [0, 0.1) is 5.41 Å². The van der Waals surface area contributed by atoms with Crippen LogP contribution in [-0.2, 0) is 6.42 Å². The Labute approximate surface area is 97.7 Å². The molecule has 2 fully saturated rings. The van der Waals surface area contributed by atoms with Gasteiger partial charge in [0.25, 0.3) is 0 Å². The second-order valence-electron chi connectivity index (χ2n) is 5.48. The van der Waals surface area contributed by atoms with Gasteiger partial charge in [0.2, 0.25) is 0 Å². The van der Waals surface area contributed by atoms with Crippen LogP contribution in [0.15, 0.2) is 24.4 Å². The average molecular weight is 216 g/mol. The van der Waals surface area contributed by atoms with E-state index in [0.717, 1.165) is 0 Å². The van der Waals surface area contributed by atoms with E-state index in [1.54, 1.807) is 0 Å². The summed E-state index contributed by atoms with van der Waals surface area (Å²) in [5, 5.41) is 0. The fourth-order valence-corrected chi connectivity index (χ4v) is 2.87. The molecule has 0 aromatic carbocycles. The molecule has 0 amide bonds. The Balaban J connectivity index is 1.61. The minimum Gasteiger partial charge on any atom is -0.303 e. The van der Waals surface area contributed by atoms with Gasteiger partial charge in [0, 0.05) is 18.4 Å². The zero-order valence-corrected chi connectivity index (χ0v) is 9.86. The zero-order chi connectivity index (χ0) is 10.8. The minimum absolute atomic E-state index is 0.582. The van der Waals surface area contributed by atoms with Crippen molar-refractivity contribution < 1.29 is 0 Å². The van der Waals surface area contributed by atoms with Gasteiger partial charge in [-0.25, -0.2) is 0 Å². The third-order valence-corrected chi connectivity index (χ3v) is 4.00. The van der Waals surface area contributed by atoms with E-state index in [2.05, 4.69) is 22.0 Å². The summed E-state index contributed by atoms with van der Waals surface area (Å²) in [4.78, 5) is 7.11. The van der Waals surface area contributed by atoms with Gasteiger partial charge in [-0.15, -0.1) is 0 Å². The van der Waals surface area contributed by atoms with Gasteiger partial charge in [-0.3, -0.25) is 4.98 Å². The second-order valence-corrected chi connectivity index (χ2v) is 5.48. The van der Waals surface area contributed by atoms with Gasteiger partial charge in [0.05, 0.1) is 0 Å². The van der Waals surface area contributed by atoms with Crippen molar-refractivity contribution in [1.82, 2.24) is 9.88 Å². The zero-order valence-electron chi connectivity index (χ0n) is 9.86. The van der Waals surface area contributed by atoms with Crippen LogP contribution in [0.2, 0.25) is 0 Å². The van der Waals surface area contributed by atoms with Crippen LogP contribution in [0.5, 0.6) is 0 Å². The monoisotopic (exact) mass is 216 g/mol. The number of pyridine rings is 1. The summed E-state index contributed by atoms with van der Waals surface area (Å²) in [6.45, 7) is 3.96. The smallest absolute Gasteiger partial charge is 0.0409 e. The number of nitrogens with zero attached hydrogens (tertiary/aromatic N) is 2. The van der Waals surface area contributed by atoms with E-state index in [4.69, 9.17) is 0 Å². The van der Waals surface area contributed by atoms with E-state index in [-0.39, 0.29) is 0 Å². The summed E-state index contributed by atoms with van der Waals surface area (Å²) in [5.74, 6) is 0. The van der Waals surface area contributed by atoms with Crippen molar-refractivity contribution in [2.24, 2.45) is 5.41 Å². The number of aromatic nitrogens is 1. The standard InChI is InChI=1S/C14H20N2/c1-2-8-15-13(5-1)11-14(6-7-14)12-16-9-3-4-10-16/h1-2,5,8H,3-4,6-7,9-12H2. The van der Waals surface area contributed by atoms with Crippen molar-refractivity contribution in [2.45, 2.75) is 32.1 Å². The Morgan fingerprint density at radius 2 is 2.00 bits per heavy atom. The second kappa shape index (κ2) is 4.17. The topological polar surface area (TPSA) is 16.1 Å². The lowest BCUT2D eigenvalue weighted by Crippen LogP contribution is -2.29. The molecule has 1 aliphatic carbocycles. The highest BCUT2D eigenvalue weighted by molar-refractivity contribution is 5.11. The molecule has 1 aromatic rings. The van der Waals surface area contributed by atoms with Crippen LogP contribution in [0.1, 0.15) is 31.4 Å². The van der Waals surface area contributed by atoms with Crippen LogP contribution in [-0.4, -0.2) is 29.5 Å². The van der Waals surface area contributed by atoms with Crippen molar-refractivity contribution in [3.8, 4) is 0 Å². The maximum atomic E-state index is 4.46. The van der Waals surface area contributed by atoms with Crippen molar-refractivity contribution in [2.75, 3.05) is 19.6 Å². The Hall–Kier alpha value is -0.890. The third kappa shape index (κ3) is 2.27. The SMILES string of the molecule is c1ccc(CC2(CN3CCCC3)CC2)nc1. The molecular weight excluding hydrogens is 196 g/mol. The molecule has 1 aliphatic heterocycles. The van der Waals surface area contributed by atoms with Crippen LogP contribution in [0.4, 0.5) is 0 Å². The Kier molecular flexibility index (Phi) is 2.68. The van der Waals surface area contributed by atoms with Crippen molar-refractivity contribution in [3.63, 3.8) is 0 Å². The van der Waals surface area contributed by atoms with Crippen LogP contribution in [0.25, 0.3) is 0 Å². The summed E-state index contributed by atoms with van der Waals surface area (Å²) < 4.78 is 0. The maximum absolute atomic E-state index is 4.46. The number of hydrogen-bond donors (Lipinski definition) is 0. The Bertz CT molecular complexity index is 337. The summed E-state index contributed by atoms with van der Waals surface area (Å²) in [5.41, 5.74) is 1.86. The minimum atomic E-state index is 0.582. The fourth-order valence-electron chi connectivity index (χ4n) is 2.87. The quantitative estimate of drug-likeness (QED) is 0.768. The first-order chi connectivity index (χ1) is 7.86. The molecule has 86 valence electrons. The molecule has 0 unspecified atom stereocenters. The first-order valence-electron chi connectivity index (χ1n) is 6.49. The predicted octanol–water partition coefficient (Wildman–Crippen LogP) is 2.50. The normalized spacial score (nSPS) is 23.5. The molecule has 2 heteroatoms. The highest BCUT2D eigenvalue weighted by Gasteiger charge is 2.44. The molecule has 1 saturated carbocycles. The summed E-state index contributed by atoms with van der Waals surface area (Å²) in [6, 6.07) is 6.28. The molecule has 0 radical (unpaired) electrons. The van der Waals surface area contributed by atoms with Gasteiger partial charge in [0.1, 0.15) is 0 Å². The highest BCUT2D eigenvalue weighted by Crippen LogP contribution is 2.49. The number of likely N-dealkylation sites (tertiary alicyclic amines) is 1. The molecule has 1 aromatic heterocycles. The fraction of sp³-hybridized carbons (Fsp3) is 0.643. The van der Waals surface area contributed by atoms with E-state index in [9.17, 15) is 0 Å². The highest BCUT2D eigenvalue weighted by atomic mass is 15.1. The lowest BCUT2D eigenvalue weighted by Gasteiger charge is -2.22. The van der Waals surface area contributed by atoms with E-state index in [1.165, 1.54) is 57.4 Å². The molecule has 2 nitrogen and oxygen atoms in total. The van der Waals surface area contributed by atoms with Gasteiger partial charge >= 0.3 is 0 Å². The Morgan fingerprint density at radius 3 is 2.62 bits per heavy atom. The molecule has 0 spiro atoms. The molecule has 16 heavy (non-hydrogen) atoms. The molecule has 2 heterocycles. The van der Waals surface area contributed by atoms with Gasteiger partial charge in [-0.2, -0.15) is 0 Å². The average Bonchev–Trinajstić information content (AvgIpc) is 2.86.